The van der Waals surface area contributed by atoms with Gasteiger partial charge in [-0.05, 0) is 17.4 Å². The van der Waals surface area contributed by atoms with Gasteiger partial charge in [0.2, 0.25) is 11.8 Å². The van der Waals surface area contributed by atoms with Crippen LogP contribution in [0.4, 0.5) is 0 Å². The summed E-state index contributed by atoms with van der Waals surface area (Å²) in [6.07, 6.45) is 0.309. The Hall–Kier alpha value is -1.36. The van der Waals surface area contributed by atoms with Crippen molar-refractivity contribution in [1.82, 2.24) is 10.2 Å². The summed E-state index contributed by atoms with van der Waals surface area (Å²) in [5, 5.41) is 4.93. The topological polar surface area (TPSA) is 49.4 Å². The number of thiophene rings is 1. The number of likely N-dealkylation sites (tertiary alicyclic amines) is 1. The van der Waals surface area contributed by atoms with Crippen molar-refractivity contribution in [1.29, 1.82) is 0 Å². The minimum absolute atomic E-state index is 0.00944. The van der Waals surface area contributed by atoms with E-state index in [-0.39, 0.29) is 23.8 Å². The summed E-state index contributed by atoms with van der Waals surface area (Å²) in [6.45, 7) is 4.77. The van der Waals surface area contributed by atoms with Crippen LogP contribution in [0.25, 0.3) is 0 Å². The Balaban J connectivity index is 2.14. The molecule has 1 aliphatic rings. The van der Waals surface area contributed by atoms with Crippen LogP contribution in [0.2, 0.25) is 0 Å². The van der Waals surface area contributed by atoms with E-state index in [1.807, 2.05) is 17.5 Å². The lowest BCUT2D eigenvalue weighted by Gasteiger charge is -2.23. The highest BCUT2D eigenvalue weighted by Gasteiger charge is 2.42. The van der Waals surface area contributed by atoms with Crippen molar-refractivity contribution in [2.24, 2.45) is 11.8 Å². The minimum Gasteiger partial charge on any atom is -0.356 e. The summed E-state index contributed by atoms with van der Waals surface area (Å²) < 4.78 is 0. The number of amides is 2. The van der Waals surface area contributed by atoms with E-state index in [1.165, 1.54) is 0 Å². The van der Waals surface area contributed by atoms with Crippen LogP contribution < -0.4 is 5.32 Å². The molecule has 5 heteroatoms. The number of nitrogens with one attached hydrogen (secondary N) is 1. The van der Waals surface area contributed by atoms with Crippen molar-refractivity contribution in [2.45, 2.75) is 26.3 Å². The first-order valence-corrected chi connectivity index (χ1v) is 7.45. The van der Waals surface area contributed by atoms with Crippen molar-refractivity contribution in [3.8, 4) is 0 Å². The molecule has 2 rings (SSSR count). The van der Waals surface area contributed by atoms with E-state index in [9.17, 15) is 9.59 Å². The Morgan fingerprint density at radius 2 is 2.32 bits per heavy atom. The summed E-state index contributed by atoms with van der Waals surface area (Å²) in [5.74, 6) is 0.182. The predicted octanol–water partition coefficient (Wildman–Crippen LogP) is 2.04. The number of hydrogen-bond acceptors (Lipinski definition) is 3. The molecule has 0 radical (unpaired) electrons. The van der Waals surface area contributed by atoms with Crippen LogP contribution in [0.3, 0.4) is 0 Å². The van der Waals surface area contributed by atoms with E-state index in [2.05, 4.69) is 19.2 Å². The number of hydrogen-bond donors (Lipinski definition) is 1. The smallest absolute Gasteiger partial charge is 0.226 e. The highest BCUT2D eigenvalue weighted by atomic mass is 32.1. The van der Waals surface area contributed by atoms with Gasteiger partial charge in [0.25, 0.3) is 0 Å². The van der Waals surface area contributed by atoms with Gasteiger partial charge in [0.15, 0.2) is 0 Å². The zero-order valence-corrected chi connectivity index (χ0v) is 12.4. The first-order chi connectivity index (χ1) is 9.00. The first kappa shape index (κ1) is 14.1. The van der Waals surface area contributed by atoms with Crippen LogP contribution in [0.15, 0.2) is 17.5 Å². The number of carbonyl (C=O) groups excluding carboxylic acids is 2. The van der Waals surface area contributed by atoms with E-state index in [1.54, 1.807) is 23.3 Å². The SMILES string of the molecule is CC(C)CNC(=O)[C@H]1CC(=O)N(C)[C@@H]1c1cccs1. The third-order valence-electron chi connectivity index (χ3n) is 3.44. The second-order valence-electron chi connectivity index (χ2n) is 5.41. The second kappa shape index (κ2) is 5.74. The lowest BCUT2D eigenvalue weighted by Crippen LogP contribution is -2.36. The van der Waals surface area contributed by atoms with Crippen molar-refractivity contribution in [3.63, 3.8) is 0 Å². The monoisotopic (exact) mass is 280 g/mol. The molecule has 19 heavy (non-hydrogen) atoms. The maximum Gasteiger partial charge on any atom is 0.226 e. The third kappa shape index (κ3) is 2.97. The van der Waals surface area contributed by atoms with Gasteiger partial charge in [-0.2, -0.15) is 0 Å². The van der Waals surface area contributed by atoms with Crippen LogP contribution in [-0.4, -0.2) is 30.3 Å². The Labute approximate surface area is 117 Å². The van der Waals surface area contributed by atoms with E-state index in [0.29, 0.717) is 18.9 Å². The fraction of sp³-hybridized carbons (Fsp3) is 0.571. The fourth-order valence-corrected chi connectivity index (χ4v) is 3.32. The molecule has 1 aromatic rings. The van der Waals surface area contributed by atoms with E-state index >= 15 is 0 Å². The van der Waals surface area contributed by atoms with Gasteiger partial charge in [0.05, 0.1) is 12.0 Å². The Bertz CT molecular complexity index is 456. The molecule has 0 aromatic carbocycles. The van der Waals surface area contributed by atoms with Gasteiger partial charge in [0.1, 0.15) is 0 Å². The molecule has 0 spiro atoms. The molecule has 2 amide bonds. The normalized spacial score (nSPS) is 23.2. The minimum atomic E-state index is -0.269. The Kier molecular flexibility index (Phi) is 4.24. The van der Waals surface area contributed by atoms with Gasteiger partial charge in [-0.25, -0.2) is 0 Å². The highest BCUT2D eigenvalue weighted by molar-refractivity contribution is 7.10. The van der Waals surface area contributed by atoms with Crippen LogP contribution in [-0.2, 0) is 9.59 Å². The maximum atomic E-state index is 12.3. The molecule has 0 saturated carbocycles. The molecule has 1 aliphatic heterocycles. The van der Waals surface area contributed by atoms with Gasteiger partial charge in [-0.3, -0.25) is 9.59 Å². The molecule has 1 N–H and O–H groups in total. The van der Waals surface area contributed by atoms with Gasteiger partial charge < -0.3 is 10.2 Å². The molecule has 1 saturated heterocycles. The summed E-state index contributed by atoms with van der Waals surface area (Å²) >= 11 is 1.60. The molecule has 0 aliphatic carbocycles. The van der Waals surface area contributed by atoms with Crippen LogP contribution in [0.1, 0.15) is 31.2 Å². The Morgan fingerprint density at radius 1 is 1.58 bits per heavy atom. The number of rotatable bonds is 4. The quantitative estimate of drug-likeness (QED) is 0.917. The van der Waals surface area contributed by atoms with E-state index in [0.717, 1.165) is 4.88 Å². The summed E-state index contributed by atoms with van der Waals surface area (Å²) in [4.78, 5) is 26.9. The number of nitrogens with zero attached hydrogens (tertiary/aromatic N) is 1. The van der Waals surface area contributed by atoms with Gasteiger partial charge in [-0.15, -0.1) is 11.3 Å². The molecule has 2 atom stereocenters. The average Bonchev–Trinajstić information content (AvgIpc) is 2.96. The van der Waals surface area contributed by atoms with Crippen LogP contribution in [0, 0.1) is 11.8 Å². The van der Waals surface area contributed by atoms with Gasteiger partial charge in [0, 0.05) is 24.9 Å². The summed E-state index contributed by atoms with van der Waals surface area (Å²) in [6, 6.07) is 3.84. The van der Waals surface area contributed by atoms with Crippen molar-refractivity contribution >= 4 is 23.2 Å². The lowest BCUT2D eigenvalue weighted by atomic mass is 9.97. The molecule has 0 bridgehead atoms. The second-order valence-corrected chi connectivity index (χ2v) is 6.39. The zero-order valence-electron chi connectivity index (χ0n) is 11.6. The predicted molar refractivity (Wildman–Crippen MR) is 75.8 cm³/mol. The summed E-state index contributed by atoms with van der Waals surface area (Å²) in [5.41, 5.74) is 0. The fourth-order valence-electron chi connectivity index (χ4n) is 2.39. The average molecular weight is 280 g/mol. The largest absolute Gasteiger partial charge is 0.356 e. The first-order valence-electron chi connectivity index (χ1n) is 6.57. The van der Waals surface area contributed by atoms with Crippen LogP contribution >= 0.6 is 11.3 Å². The Morgan fingerprint density at radius 3 is 2.89 bits per heavy atom. The molecule has 4 nitrogen and oxygen atoms in total. The van der Waals surface area contributed by atoms with Gasteiger partial charge >= 0.3 is 0 Å². The molecular formula is C14H20N2O2S. The van der Waals surface area contributed by atoms with Crippen molar-refractivity contribution < 1.29 is 9.59 Å². The molecule has 1 fully saturated rings. The van der Waals surface area contributed by atoms with Crippen LogP contribution in [0.5, 0.6) is 0 Å². The molecule has 1 aromatic heterocycles. The molecule has 104 valence electrons. The molecule has 0 unspecified atom stereocenters. The maximum absolute atomic E-state index is 12.3. The van der Waals surface area contributed by atoms with E-state index < -0.39 is 0 Å². The zero-order chi connectivity index (χ0) is 14.0. The lowest BCUT2D eigenvalue weighted by molar-refractivity contribution is -0.128. The molecular weight excluding hydrogens is 260 g/mol. The van der Waals surface area contributed by atoms with E-state index in [4.69, 9.17) is 0 Å². The molecule has 2 heterocycles. The van der Waals surface area contributed by atoms with Gasteiger partial charge in [-0.1, -0.05) is 19.9 Å². The third-order valence-corrected chi connectivity index (χ3v) is 4.39. The highest BCUT2D eigenvalue weighted by Crippen LogP contribution is 2.38. The van der Waals surface area contributed by atoms with Crippen molar-refractivity contribution in [2.75, 3.05) is 13.6 Å². The summed E-state index contributed by atoms with van der Waals surface area (Å²) in [7, 11) is 1.78. The standard InChI is InChI=1S/C14H20N2O2S/c1-9(2)8-15-14(18)10-7-12(17)16(3)13(10)11-5-4-6-19-11/h4-6,9-10,13H,7-8H2,1-3H3,(H,15,18)/t10-,13-/m0/s1. The number of carbonyl (C=O) groups is 2. The van der Waals surface area contributed by atoms with Crippen molar-refractivity contribution in [3.05, 3.63) is 22.4 Å².